The quantitative estimate of drug-likeness (QED) is 0.352. The zero-order valence-corrected chi connectivity index (χ0v) is 16.5. The van der Waals surface area contributed by atoms with Crippen LogP contribution in [-0.2, 0) is 0 Å². The van der Waals surface area contributed by atoms with Crippen LogP contribution < -0.4 is 15.5 Å². The summed E-state index contributed by atoms with van der Waals surface area (Å²) in [5.74, 6) is -2.06. The number of hydrogen-bond acceptors (Lipinski definition) is 7. The van der Waals surface area contributed by atoms with Gasteiger partial charge in [0.2, 0.25) is 0 Å². The van der Waals surface area contributed by atoms with Crippen LogP contribution in [0.5, 0.6) is 11.5 Å². The minimum absolute atomic E-state index is 0.0461. The predicted molar refractivity (Wildman–Crippen MR) is 109 cm³/mol. The normalized spacial score (nSPS) is 11.0. The second-order valence-corrected chi connectivity index (χ2v) is 6.38. The Bertz CT molecular complexity index is 1330. The number of pyridine rings is 1. The first-order chi connectivity index (χ1) is 15.9. The molecule has 10 nitrogen and oxygen atoms in total. The van der Waals surface area contributed by atoms with Crippen molar-refractivity contribution in [3.05, 3.63) is 84.1 Å². The van der Waals surface area contributed by atoms with Gasteiger partial charge in [-0.3, -0.25) is 0 Å². The van der Waals surface area contributed by atoms with Gasteiger partial charge >= 0.3 is 6.03 Å². The zero-order chi connectivity index (χ0) is 23.4. The van der Waals surface area contributed by atoms with Crippen LogP contribution in [0, 0.1) is 17.5 Å². The van der Waals surface area contributed by atoms with E-state index in [-0.39, 0.29) is 22.7 Å². The second-order valence-electron chi connectivity index (χ2n) is 6.38. The van der Waals surface area contributed by atoms with E-state index < -0.39 is 23.5 Å². The van der Waals surface area contributed by atoms with Gasteiger partial charge in [0.1, 0.15) is 23.7 Å². The number of primary amides is 1. The van der Waals surface area contributed by atoms with Crippen molar-refractivity contribution in [2.45, 2.75) is 0 Å². The number of hydrogen-bond donors (Lipinski definition) is 1. The highest BCUT2D eigenvalue weighted by molar-refractivity contribution is 5.93. The van der Waals surface area contributed by atoms with E-state index in [2.05, 4.69) is 25.6 Å². The van der Waals surface area contributed by atoms with E-state index >= 15 is 0 Å². The number of urea groups is 1. The smallest absolute Gasteiger partial charge is 0.340 e. The maximum atomic E-state index is 14.7. The van der Waals surface area contributed by atoms with Crippen LogP contribution in [0.1, 0.15) is 5.56 Å². The van der Waals surface area contributed by atoms with Crippen molar-refractivity contribution >= 4 is 17.9 Å². The molecule has 0 bridgehead atoms. The molecule has 2 N–H and O–H groups in total. The van der Waals surface area contributed by atoms with E-state index in [9.17, 15) is 18.0 Å². The maximum absolute atomic E-state index is 14.7. The summed E-state index contributed by atoms with van der Waals surface area (Å²) in [7, 11) is 0. The number of anilines is 1. The van der Waals surface area contributed by atoms with E-state index in [1.807, 2.05) is 0 Å². The van der Waals surface area contributed by atoms with Crippen molar-refractivity contribution in [1.82, 2.24) is 25.2 Å². The van der Waals surface area contributed by atoms with Crippen LogP contribution in [0.15, 0.2) is 66.2 Å². The Hall–Kier alpha value is -4.81. The fraction of sp³-hybridized carbons (Fsp3) is 0. The highest BCUT2D eigenvalue weighted by Gasteiger charge is 2.15. The summed E-state index contributed by atoms with van der Waals surface area (Å²) in [5.41, 5.74) is 5.17. The molecule has 33 heavy (non-hydrogen) atoms. The van der Waals surface area contributed by atoms with E-state index in [1.165, 1.54) is 41.5 Å². The molecule has 0 fully saturated rings. The van der Waals surface area contributed by atoms with Gasteiger partial charge in [-0.15, -0.1) is 5.10 Å². The lowest BCUT2D eigenvalue weighted by Crippen LogP contribution is -2.31. The third-order valence-corrected chi connectivity index (χ3v) is 4.17. The molecule has 0 aliphatic carbocycles. The van der Waals surface area contributed by atoms with Crippen molar-refractivity contribution in [2.75, 3.05) is 5.01 Å². The number of hydrazone groups is 1. The third-order valence-electron chi connectivity index (χ3n) is 4.17. The highest BCUT2D eigenvalue weighted by atomic mass is 19.1. The molecule has 2 aromatic heterocycles. The molecule has 2 aromatic carbocycles. The number of aromatic nitrogens is 5. The molecule has 4 aromatic rings. The lowest BCUT2D eigenvalue weighted by Gasteiger charge is -2.15. The van der Waals surface area contributed by atoms with E-state index in [0.717, 1.165) is 24.4 Å². The summed E-state index contributed by atoms with van der Waals surface area (Å²) >= 11 is 0. The molecule has 0 saturated heterocycles. The molecule has 0 spiro atoms. The lowest BCUT2D eigenvalue weighted by atomic mass is 10.2. The van der Waals surface area contributed by atoms with Crippen molar-refractivity contribution in [3.8, 4) is 17.3 Å². The molecule has 2 amide bonds. The fourth-order valence-electron chi connectivity index (χ4n) is 2.66. The first kappa shape index (κ1) is 21.4. The number of nitrogens with two attached hydrogens (primary N) is 1. The second kappa shape index (κ2) is 9.13. The molecule has 0 atom stereocenters. The molecular weight excluding hydrogens is 441 g/mol. The number of carbonyl (C=O) groups excluding carboxylic acids is 1. The fourth-order valence-corrected chi connectivity index (χ4v) is 2.66. The molecule has 0 unspecified atom stereocenters. The minimum Gasteiger partial charge on any atom is -0.454 e. The highest BCUT2D eigenvalue weighted by Crippen LogP contribution is 2.29. The number of nitrogens with zero attached hydrogens (tertiary/aromatic N) is 7. The van der Waals surface area contributed by atoms with Gasteiger partial charge in [-0.05, 0) is 40.8 Å². The van der Waals surface area contributed by atoms with Crippen molar-refractivity contribution in [2.24, 2.45) is 10.8 Å². The Kier molecular flexibility index (Phi) is 5.93. The number of carbonyl (C=O) groups is 1. The van der Waals surface area contributed by atoms with Crippen LogP contribution in [0.3, 0.4) is 0 Å². The molecule has 13 heteroatoms. The number of rotatable bonds is 6. The molecule has 2 heterocycles. The lowest BCUT2D eigenvalue weighted by molar-refractivity contribution is 0.254. The van der Waals surface area contributed by atoms with Crippen molar-refractivity contribution < 1.29 is 22.7 Å². The van der Waals surface area contributed by atoms with Gasteiger partial charge in [0.05, 0.1) is 11.9 Å². The first-order valence-electron chi connectivity index (χ1n) is 9.16. The van der Waals surface area contributed by atoms with Gasteiger partial charge < -0.3 is 10.5 Å². The summed E-state index contributed by atoms with van der Waals surface area (Å²) in [6, 6.07) is 8.28. The van der Waals surface area contributed by atoms with Crippen LogP contribution in [-0.4, -0.2) is 37.4 Å². The van der Waals surface area contributed by atoms with Crippen LogP contribution in [0.2, 0.25) is 0 Å². The molecule has 0 aliphatic heterocycles. The minimum atomic E-state index is -1.05. The predicted octanol–water partition coefficient (Wildman–Crippen LogP) is 3.19. The topological polar surface area (TPSA) is 124 Å². The summed E-state index contributed by atoms with van der Waals surface area (Å²) < 4.78 is 48.4. The molecule has 0 aliphatic rings. The number of ether oxygens (including phenoxy) is 1. The summed E-state index contributed by atoms with van der Waals surface area (Å²) in [6.45, 7) is 0. The Morgan fingerprint density at radius 1 is 1.09 bits per heavy atom. The van der Waals surface area contributed by atoms with Gasteiger partial charge in [-0.25, -0.2) is 22.9 Å². The van der Waals surface area contributed by atoms with Gasteiger partial charge in [0.25, 0.3) is 0 Å². The number of tetrazole rings is 1. The molecule has 166 valence electrons. The third kappa shape index (κ3) is 4.92. The molecule has 0 radical (unpaired) electrons. The van der Waals surface area contributed by atoms with Crippen LogP contribution >= 0.6 is 0 Å². The number of halogens is 3. The largest absolute Gasteiger partial charge is 0.454 e. The Morgan fingerprint density at radius 3 is 2.64 bits per heavy atom. The molecule has 0 saturated carbocycles. The van der Waals surface area contributed by atoms with Crippen LogP contribution in [0.4, 0.5) is 23.7 Å². The maximum Gasteiger partial charge on any atom is 0.340 e. The van der Waals surface area contributed by atoms with E-state index in [0.29, 0.717) is 16.9 Å². The average molecular weight is 454 g/mol. The Labute approximate surface area is 183 Å². The Balaban J connectivity index is 1.56. The van der Waals surface area contributed by atoms with Gasteiger partial charge in [0.15, 0.2) is 17.4 Å². The van der Waals surface area contributed by atoms with Gasteiger partial charge in [-0.1, -0.05) is 0 Å². The zero-order valence-electron chi connectivity index (χ0n) is 16.5. The molecule has 4 rings (SSSR count). The van der Waals surface area contributed by atoms with Gasteiger partial charge in [-0.2, -0.15) is 14.8 Å². The van der Waals surface area contributed by atoms with Crippen molar-refractivity contribution in [1.29, 1.82) is 0 Å². The van der Waals surface area contributed by atoms with E-state index in [4.69, 9.17) is 10.5 Å². The standard InChI is InChI=1S/C20H13F3N8O2/c21-13-2-1-12(16(22)7-13)10-27-31(20(24)32)14-3-4-18(17(23)8-14)33-15-5-6-25-19(9-15)30-11-26-28-29-30/h1-11H,(H2,24,32)/b27-10+. The SMILES string of the molecule is NC(=O)N(/N=C/c1ccc(F)cc1F)c1ccc(Oc2ccnc(-n3cnnn3)c2)c(F)c1. The van der Waals surface area contributed by atoms with Crippen molar-refractivity contribution in [3.63, 3.8) is 0 Å². The average Bonchev–Trinajstić information content (AvgIpc) is 3.32. The summed E-state index contributed by atoms with van der Waals surface area (Å²) in [4.78, 5) is 15.9. The first-order valence-corrected chi connectivity index (χ1v) is 9.16. The number of benzene rings is 2. The van der Waals surface area contributed by atoms with Crippen LogP contribution in [0.25, 0.3) is 5.82 Å². The summed E-state index contributed by atoms with van der Waals surface area (Å²) in [6.07, 6.45) is 3.72. The monoisotopic (exact) mass is 454 g/mol. The number of amides is 2. The Morgan fingerprint density at radius 2 is 1.94 bits per heavy atom. The molecular formula is C20H13F3N8O2. The van der Waals surface area contributed by atoms with Gasteiger partial charge in [0, 0.05) is 30.0 Å². The summed E-state index contributed by atoms with van der Waals surface area (Å²) in [5, 5.41) is 15.2. The van der Waals surface area contributed by atoms with E-state index in [1.54, 1.807) is 0 Å².